The van der Waals surface area contributed by atoms with Crippen LogP contribution in [-0.2, 0) is 9.53 Å². The van der Waals surface area contributed by atoms with E-state index in [-0.39, 0.29) is 17.7 Å². The summed E-state index contributed by atoms with van der Waals surface area (Å²) in [6.45, 7) is 3.64. The minimum atomic E-state index is -0.818. The molecule has 2 aromatic heterocycles. The van der Waals surface area contributed by atoms with Crippen LogP contribution in [0.4, 0.5) is 0 Å². The van der Waals surface area contributed by atoms with Crippen molar-refractivity contribution >= 4 is 35.0 Å². The molecule has 10 heteroatoms. The summed E-state index contributed by atoms with van der Waals surface area (Å²) in [7, 11) is 3.08. The van der Waals surface area contributed by atoms with Gasteiger partial charge in [0.2, 0.25) is 0 Å². The maximum atomic E-state index is 13.9. The Hall–Kier alpha value is -4.08. The minimum Gasteiger partial charge on any atom is -0.497 e. The summed E-state index contributed by atoms with van der Waals surface area (Å²) in [4.78, 5) is 32.1. The van der Waals surface area contributed by atoms with Crippen LogP contribution < -0.4 is 24.4 Å². The molecule has 2 aromatic carbocycles. The molecule has 0 fully saturated rings. The Bertz CT molecular complexity index is 1780. The molecule has 1 aliphatic heterocycles. The number of esters is 1. The largest absolute Gasteiger partial charge is 0.497 e. The number of halogens is 1. The molecule has 200 valence electrons. The van der Waals surface area contributed by atoms with Crippen LogP contribution in [0.2, 0.25) is 5.02 Å². The molecule has 3 heterocycles. The van der Waals surface area contributed by atoms with Gasteiger partial charge >= 0.3 is 5.97 Å². The second kappa shape index (κ2) is 11.0. The van der Waals surface area contributed by atoms with Crippen LogP contribution in [-0.4, -0.2) is 31.4 Å². The highest BCUT2D eigenvalue weighted by Crippen LogP contribution is 2.37. The Morgan fingerprint density at radius 2 is 1.97 bits per heavy atom. The van der Waals surface area contributed by atoms with E-state index in [1.165, 1.54) is 23.0 Å². The van der Waals surface area contributed by atoms with Gasteiger partial charge in [0.05, 0.1) is 36.6 Å². The van der Waals surface area contributed by atoms with Crippen molar-refractivity contribution in [2.24, 2.45) is 4.99 Å². The number of carbonyl (C=O) groups excluding carboxylic acids is 1. The normalized spacial score (nSPS) is 15.1. The van der Waals surface area contributed by atoms with E-state index in [0.717, 1.165) is 5.56 Å². The molecule has 0 spiro atoms. The zero-order valence-electron chi connectivity index (χ0n) is 21.7. The highest BCUT2D eigenvalue weighted by atomic mass is 35.5. The van der Waals surface area contributed by atoms with Crippen molar-refractivity contribution in [1.29, 1.82) is 0 Å². The third kappa shape index (κ3) is 5.03. The zero-order chi connectivity index (χ0) is 27.7. The van der Waals surface area contributed by atoms with Gasteiger partial charge in [-0.15, -0.1) is 0 Å². The predicted molar refractivity (Wildman–Crippen MR) is 149 cm³/mol. The summed E-state index contributed by atoms with van der Waals surface area (Å²) >= 11 is 7.33. The molecule has 1 atom stereocenters. The van der Waals surface area contributed by atoms with Gasteiger partial charge < -0.3 is 18.6 Å². The summed E-state index contributed by atoms with van der Waals surface area (Å²) in [6, 6.07) is 15.4. The van der Waals surface area contributed by atoms with Gasteiger partial charge in [-0.1, -0.05) is 35.1 Å². The summed E-state index contributed by atoms with van der Waals surface area (Å²) in [5, 5.41) is 0.598. The molecular weight excluding hydrogens is 540 g/mol. The van der Waals surface area contributed by atoms with E-state index in [1.807, 2.05) is 18.2 Å². The SMILES string of the molecule is CCOC(=O)C1=C(C)N=c2s/c(=C\c3ccc(-c4cccc(Cl)c4)o3)c(=O)n2[C@H]1c1ccc(OC)cc1OC. The Kier molecular flexibility index (Phi) is 7.45. The number of hydrogen-bond acceptors (Lipinski definition) is 8. The number of fused-ring (bicyclic) bond motifs is 1. The average Bonchev–Trinajstić information content (AvgIpc) is 3.52. The Labute approximate surface area is 233 Å². The Morgan fingerprint density at radius 1 is 1.15 bits per heavy atom. The molecule has 0 saturated heterocycles. The molecule has 39 heavy (non-hydrogen) atoms. The number of carbonyl (C=O) groups is 1. The lowest BCUT2D eigenvalue weighted by molar-refractivity contribution is -0.139. The first-order valence-corrected chi connectivity index (χ1v) is 13.3. The lowest BCUT2D eigenvalue weighted by atomic mass is 9.95. The third-order valence-electron chi connectivity index (χ3n) is 6.26. The van der Waals surface area contributed by atoms with Gasteiger partial charge in [-0.2, -0.15) is 0 Å². The third-order valence-corrected chi connectivity index (χ3v) is 7.48. The van der Waals surface area contributed by atoms with Crippen molar-refractivity contribution in [3.8, 4) is 22.8 Å². The molecule has 0 unspecified atom stereocenters. The maximum Gasteiger partial charge on any atom is 0.338 e. The van der Waals surface area contributed by atoms with Gasteiger partial charge in [0.1, 0.15) is 29.1 Å². The molecule has 5 rings (SSSR count). The molecule has 0 radical (unpaired) electrons. The second-order valence-corrected chi connectivity index (χ2v) is 10.1. The summed E-state index contributed by atoms with van der Waals surface area (Å²) < 4.78 is 24.3. The van der Waals surface area contributed by atoms with E-state index in [2.05, 4.69) is 4.99 Å². The number of furan rings is 1. The van der Waals surface area contributed by atoms with Gasteiger partial charge in [0.15, 0.2) is 4.80 Å². The number of rotatable bonds is 7. The predicted octanol–water partition coefficient (Wildman–Crippen LogP) is 4.73. The summed E-state index contributed by atoms with van der Waals surface area (Å²) in [6.07, 6.45) is 1.67. The van der Waals surface area contributed by atoms with E-state index in [9.17, 15) is 9.59 Å². The fourth-order valence-corrected chi connectivity index (χ4v) is 5.70. The van der Waals surface area contributed by atoms with Crippen molar-refractivity contribution in [2.45, 2.75) is 19.9 Å². The molecule has 0 saturated carbocycles. The molecular formula is C29H25ClN2O6S. The number of methoxy groups -OCH3 is 2. The van der Waals surface area contributed by atoms with E-state index in [0.29, 0.717) is 48.6 Å². The number of benzene rings is 2. The number of nitrogens with zero attached hydrogens (tertiary/aromatic N) is 2. The minimum absolute atomic E-state index is 0.181. The molecule has 0 N–H and O–H groups in total. The van der Waals surface area contributed by atoms with Crippen molar-refractivity contribution in [2.75, 3.05) is 20.8 Å². The van der Waals surface area contributed by atoms with E-state index in [4.69, 9.17) is 30.2 Å². The molecule has 4 aromatic rings. The Morgan fingerprint density at radius 3 is 2.69 bits per heavy atom. The number of hydrogen-bond donors (Lipinski definition) is 0. The van der Waals surface area contributed by atoms with Crippen molar-refractivity contribution in [3.05, 3.63) is 102 Å². The van der Waals surface area contributed by atoms with Crippen molar-refractivity contribution in [1.82, 2.24) is 4.57 Å². The molecule has 0 amide bonds. The highest BCUT2D eigenvalue weighted by molar-refractivity contribution is 7.07. The van der Waals surface area contributed by atoms with Crippen molar-refractivity contribution in [3.63, 3.8) is 0 Å². The number of aromatic nitrogens is 1. The van der Waals surface area contributed by atoms with Gasteiger partial charge in [0, 0.05) is 28.3 Å². The number of ether oxygens (including phenoxy) is 3. The van der Waals surface area contributed by atoms with E-state index in [1.54, 1.807) is 63.4 Å². The summed E-state index contributed by atoms with van der Waals surface area (Å²) in [5.41, 5.74) is 1.83. The molecule has 8 nitrogen and oxygen atoms in total. The first-order valence-electron chi connectivity index (χ1n) is 12.1. The van der Waals surface area contributed by atoms with Gasteiger partial charge in [-0.05, 0) is 50.2 Å². The van der Waals surface area contributed by atoms with Crippen LogP contribution in [0.15, 0.2) is 80.1 Å². The first kappa shape index (κ1) is 26.5. The molecule has 0 aliphatic carbocycles. The number of thiazole rings is 1. The monoisotopic (exact) mass is 564 g/mol. The zero-order valence-corrected chi connectivity index (χ0v) is 23.3. The maximum absolute atomic E-state index is 13.9. The number of allylic oxidation sites excluding steroid dienone is 1. The van der Waals surface area contributed by atoms with E-state index >= 15 is 0 Å². The smallest absolute Gasteiger partial charge is 0.338 e. The van der Waals surface area contributed by atoms with Crippen LogP contribution >= 0.6 is 22.9 Å². The topological polar surface area (TPSA) is 92.3 Å². The van der Waals surface area contributed by atoms with Crippen LogP contribution in [0.25, 0.3) is 17.4 Å². The van der Waals surface area contributed by atoms with Crippen LogP contribution in [0, 0.1) is 0 Å². The van der Waals surface area contributed by atoms with Gasteiger partial charge in [-0.3, -0.25) is 9.36 Å². The highest BCUT2D eigenvalue weighted by Gasteiger charge is 2.35. The first-order chi connectivity index (χ1) is 18.8. The quantitative estimate of drug-likeness (QED) is 0.301. The van der Waals surface area contributed by atoms with Crippen molar-refractivity contribution < 1.29 is 23.4 Å². The lowest BCUT2D eigenvalue weighted by Crippen LogP contribution is -2.40. The Balaban J connectivity index is 1.67. The fraction of sp³-hybridized carbons (Fsp3) is 0.207. The average molecular weight is 565 g/mol. The van der Waals surface area contributed by atoms with E-state index < -0.39 is 12.0 Å². The second-order valence-electron chi connectivity index (χ2n) is 8.62. The molecule has 0 bridgehead atoms. The van der Waals surface area contributed by atoms with Gasteiger partial charge in [-0.25, -0.2) is 9.79 Å². The standard InChI is InChI=1S/C29H25ClN2O6S/c1-5-37-28(34)25-16(2)31-29-32(26(25)21-11-9-19(35-3)14-23(21)36-4)27(33)24(39-29)15-20-10-12-22(38-20)17-7-6-8-18(30)13-17/h6-15,26H,5H2,1-4H3/b24-15-/t26-/m0/s1. The van der Waals surface area contributed by atoms with Gasteiger partial charge in [0.25, 0.3) is 5.56 Å². The summed E-state index contributed by atoms with van der Waals surface area (Å²) in [5.74, 6) is 1.61. The van der Waals surface area contributed by atoms with Crippen LogP contribution in [0.1, 0.15) is 31.2 Å². The molecule has 1 aliphatic rings. The van der Waals surface area contributed by atoms with Crippen LogP contribution in [0.5, 0.6) is 11.5 Å². The fourth-order valence-electron chi connectivity index (χ4n) is 4.49. The lowest BCUT2D eigenvalue weighted by Gasteiger charge is -2.26. The van der Waals surface area contributed by atoms with Crippen LogP contribution in [0.3, 0.4) is 0 Å².